The molecule has 7 heteroatoms. The molecule has 2 N–H and O–H groups in total. The molecule has 0 bridgehead atoms. The second kappa shape index (κ2) is 6.88. The Hall–Kier alpha value is -3.14. The van der Waals surface area contributed by atoms with Crippen molar-refractivity contribution in [3.63, 3.8) is 0 Å². The first-order valence-corrected chi connectivity index (χ1v) is 9.23. The quantitative estimate of drug-likeness (QED) is 0.852. The molecule has 138 valence electrons. The first-order valence-electron chi connectivity index (χ1n) is 9.23. The fraction of sp³-hybridized carbons (Fsp3) is 0.400. The van der Waals surface area contributed by atoms with Gasteiger partial charge in [-0.1, -0.05) is 37.3 Å². The SMILES string of the molecule is CC1CCN(c2nc3c(c(=O)[nH]2)[C@H](c2ccccc2)[C@H](C#N)C(=O)N3)CC1. The highest BCUT2D eigenvalue weighted by molar-refractivity contribution is 5.97. The van der Waals surface area contributed by atoms with Gasteiger partial charge >= 0.3 is 0 Å². The minimum atomic E-state index is -0.968. The van der Waals surface area contributed by atoms with Gasteiger partial charge in [-0.3, -0.25) is 14.6 Å². The highest BCUT2D eigenvalue weighted by Crippen LogP contribution is 2.38. The monoisotopic (exact) mass is 363 g/mol. The fourth-order valence-corrected chi connectivity index (χ4v) is 3.89. The van der Waals surface area contributed by atoms with Gasteiger partial charge in [-0.15, -0.1) is 0 Å². The molecule has 1 saturated heterocycles. The third-order valence-electron chi connectivity index (χ3n) is 5.49. The number of amides is 1. The van der Waals surface area contributed by atoms with Crippen molar-refractivity contribution in [3.8, 4) is 6.07 Å². The number of carbonyl (C=O) groups excluding carboxylic acids is 1. The van der Waals surface area contributed by atoms with Crippen LogP contribution in [0.4, 0.5) is 11.8 Å². The maximum atomic E-state index is 13.0. The molecule has 0 aliphatic carbocycles. The number of aromatic nitrogens is 2. The number of fused-ring (bicyclic) bond motifs is 1. The van der Waals surface area contributed by atoms with Crippen LogP contribution in [-0.2, 0) is 4.79 Å². The lowest BCUT2D eigenvalue weighted by Crippen LogP contribution is -2.40. The van der Waals surface area contributed by atoms with E-state index >= 15 is 0 Å². The number of hydrogen-bond donors (Lipinski definition) is 2. The van der Waals surface area contributed by atoms with Crippen molar-refractivity contribution in [2.75, 3.05) is 23.3 Å². The highest BCUT2D eigenvalue weighted by Gasteiger charge is 2.40. The summed E-state index contributed by atoms with van der Waals surface area (Å²) in [5.41, 5.74) is 0.802. The van der Waals surface area contributed by atoms with Crippen LogP contribution in [0.3, 0.4) is 0 Å². The van der Waals surface area contributed by atoms with E-state index in [1.54, 1.807) is 0 Å². The molecule has 1 amide bonds. The van der Waals surface area contributed by atoms with E-state index in [0.717, 1.165) is 31.5 Å². The summed E-state index contributed by atoms with van der Waals surface area (Å²) in [6, 6.07) is 11.2. The van der Waals surface area contributed by atoms with Crippen molar-refractivity contribution in [3.05, 3.63) is 51.8 Å². The number of hydrogen-bond acceptors (Lipinski definition) is 5. The van der Waals surface area contributed by atoms with E-state index in [-0.39, 0.29) is 11.4 Å². The normalized spacial score (nSPS) is 22.7. The number of nitrogens with zero attached hydrogens (tertiary/aromatic N) is 3. The predicted molar refractivity (Wildman–Crippen MR) is 101 cm³/mol. The standard InChI is InChI=1S/C20H21N5O2/c1-12-7-9-25(10-8-12)20-23-17-16(19(27)24-20)15(13-5-3-2-4-6-13)14(11-21)18(26)22-17/h2-6,12,14-15H,7-10H2,1H3,(H2,22,23,24,26,27)/t14-,15+/m0/s1. The summed E-state index contributed by atoms with van der Waals surface area (Å²) < 4.78 is 0. The van der Waals surface area contributed by atoms with Gasteiger partial charge in [-0.05, 0) is 24.3 Å². The maximum absolute atomic E-state index is 13.0. The van der Waals surface area contributed by atoms with Gasteiger partial charge in [-0.2, -0.15) is 10.2 Å². The zero-order chi connectivity index (χ0) is 19.0. The number of carbonyl (C=O) groups is 1. The van der Waals surface area contributed by atoms with E-state index in [4.69, 9.17) is 0 Å². The first-order chi connectivity index (χ1) is 13.1. The molecule has 7 nitrogen and oxygen atoms in total. The Bertz CT molecular complexity index is 955. The second-order valence-electron chi connectivity index (χ2n) is 7.31. The lowest BCUT2D eigenvalue weighted by atomic mass is 9.79. The molecular formula is C20H21N5O2. The van der Waals surface area contributed by atoms with E-state index < -0.39 is 17.7 Å². The minimum Gasteiger partial charge on any atom is -0.342 e. The van der Waals surface area contributed by atoms with Gasteiger partial charge in [0, 0.05) is 19.0 Å². The summed E-state index contributed by atoms with van der Waals surface area (Å²) in [5, 5.41) is 12.2. The van der Waals surface area contributed by atoms with Crippen molar-refractivity contribution in [1.29, 1.82) is 5.26 Å². The third-order valence-corrected chi connectivity index (χ3v) is 5.49. The van der Waals surface area contributed by atoms with Crippen LogP contribution in [0.5, 0.6) is 0 Å². The van der Waals surface area contributed by atoms with Crippen molar-refractivity contribution < 1.29 is 4.79 Å². The predicted octanol–water partition coefficient (Wildman–Crippen LogP) is 2.23. The zero-order valence-electron chi connectivity index (χ0n) is 15.1. The average molecular weight is 363 g/mol. The van der Waals surface area contributed by atoms with Crippen LogP contribution in [0, 0.1) is 23.2 Å². The molecule has 2 atom stereocenters. The molecule has 2 aliphatic rings. The van der Waals surface area contributed by atoms with Gasteiger partial charge in [0.1, 0.15) is 11.7 Å². The minimum absolute atomic E-state index is 0.262. The van der Waals surface area contributed by atoms with Crippen molar-refractivity contribution in [2.24, 2.45) is 11.8 Å². The molecular weight excluding hydrogens is 342 g/mol. The van der Waals surface area contributed by atoms with Crippen molar-refractivity contribution in [2.45, 2.75) is 25.7 Å². The van der Waals surface area contributed by atoms with Gasteiger partial charge in [0.05, 0.1) is 11.6 Å². The van der Waals surface area contributed by atoms with E-state index in [9.17, 15) is 14.9 Å². The Kier molecular flexibility index (Phi) is 4.40. The number of aromatic amines is 1. The summed E-state index contributed by atoms with van der Waals surface area (Å²) in [4.78, 5) is 34.9. The molecule has 1 aromatic heterocycles. The number of nitriles is 1. The van der Waals surface area contributed by atoms with Gasteiger partial charge in [0.2, 0.25) is 11.9 Å². The van der Waals surface area contributed by atoms with Crippen molar-refractivity contribution >= 4 is 17.7 Å². The topological polar surface area (TPSA) is 102 Å². The molecule has 3 heterocycles. The average Bonchev–Trinajstić information content (AvgIpc) is 2.68. The van der Waals surface area contributed by atoms with Gasteiger partial charge in [0.25, 0.3) is 5.56 Å². The van der Waals surface area contributed by atoms with Crippen molar-refractivity contribution in [1.82, 2.24) is 9.97 Å². The van der Waals surface area contributed by atoms with Gasteiger partial charge < -0.3 is 10.2 Å². The van der Waals surface area contributed by atoms with Gasteiger partial charge in [-0.25, -0.2) is 0 Å². The Balaban J connectivity index is 1.80. The van der Waals surface area contributed by atoms with Crippen LogP contribution in [0.25, 0.3) is 0 Å². The molecule has 2 aromatic rings. The lowest BCUT2D eigenvalue weighted by molar-refractivity contribution is -0.119. The number of anilines is 2. The number of H-pyrrole nitrogens is 1. The molecule has 0 saturated carbocycles. The van der Waals surface area contributed by atoms with Crippen LogP contribution in [0.15, 0.2) is 35.1 Å². The summed E-state index contributed by atoms with van der Waals surface area (Å²) in [5.74, 6) is -0.624. The number of piperidine rings is 1. The molecule has 1 aromatic carbocycles. The summed E-state index contributed by atoms with van der Waals surface area (Å²) >= 11 is 0. The Morgan fingerprint density at radius 1 is 1.19 bits per heavy atom. The zero-order valence-corrected chi connectivity index (χ0v) is 15.1. The van der Waals surface area contributed by atoms with Crippen LogP contribution in [-0.4, -0.2) is 29.0 Å². The Morgan fingerprint density at radius 2 is 1.89 bits per heavy atom. The van der Waals surface area contributed by atoms with Gasteiger partial charge in [0.15, 0.2) is 0 Å². The Morgan fingerprint density at radius 3 is 2.56 bits per heavy atom. The summed E-state index contributed by atoms with van der Waals surface area (Å²) in [7, 11) is 0. The highest BCUT2D eigenvalue weighted by atomic mass is 16.2. The van der Waals surface area contributed by atoms with Crippen LogP contribution in [0.1, 0.15) is 36.8 Å². The molecule has 27 heavy (non-hydrogen) atoms. The smallest absolute Gasteiger partial charge is 0.258 e. The van der Waals surface area contributed by atoms with E-state index in [1.807, 2.05) is 35.2 Å². The van der Waals surface area contributed by atoms with Crippen LogP contribution < -0.4 is 15.8 Å². The Labute approximate surface area is 157 Å². The molecule has 2 aliphatic heterocycles. The van der Waals surface area contributed by atoms with Crippen LogP contribution in [0.2, 0.25) is 0 Å². The van der Waals surface area contributed by atoms with E-state index in [2.05, 4.69) is 28.3 Å². The first kappa shape index (κ1) is 17.3. The number of rotatable bonds is 2. The summed E-state index contributed by atoms with van der Waals surface area (Å²) in [6.45, 7) is 3.85. The molecule has 0 radical (unpaired) electrons. The molecule has 0 unspecified atom stereocenters. The van der Waals surface area contributed by atoms with E-state index in [0.29, 0.717) is 17.4 Å². The maximum Gasteiger partial charge on any atom is 0.258 e. The fourth-order valence-electron chi connectivity index (χ4n) is 3.89. The lowest BCUT2D eigenvalue weighted by Gasteiger charge is -2.32. The molecule has 1 fully saturated rings. The second-order valence-corrected chi connectivity index (χ2v) is 7.31. The third kappa shape index (κ3) is 3.08. The largest absolute Gasteiger partial charge is 0.342 e. The molecule has 4 rings (SSSR count). The number of benzene rings is 1. The van der Waals surface area contributed by atoms with E-state index in [1.165, 1.54) is 0 Å². The number of nitrogens with one attached hydrogen (secondary N) is 2. The molecule has 0 spiro atoms. The summed E-state index contributed by atoms with van der Waals surface area (Å²) in [6.07, 6.45) is 2.08. The van der Waals surface area contributed by atoms with Crippen LogP contribution >= 0.6 is 0 Å².